The highest BCUT2D eigenvalue weighted by Gasteiger charge is 2.22. The second-order valence-corrected chi connectivity index (χ2v) is 5.12. The van der Waals surface area contributed by atoms with Gasteiger partial charge in [-0.05, 0) is 25.1 Å². The van der Waals surface area contributed by atoms with Gasteiger partial charge in [-0.1, -0.05) is 0 Å². The first-order valence-electron chi connectivity index (χ1n) is 7.21. The van der Waals surface area contributed by atoms with E-state index in [4.69, 9.17) is 10.5 Å². The zero-order valence-electron chi connectivity index (χ0n) is 12.3. The van der Waals surface area contributed by atoms with Crippen LogP contribution in [0.15, 0.2) is 18.2 Å². The minimum absolute atomic E-state index is 0.100. The molecule has 0 spiro atoms. The van der Waals surface area contributed by atoms with Crippen molar-refractivity contribution in [2.24, 2.45) is 5.73 Å². The summed E-state index contributed by atoms with van der Waals surface area (Å²) in [6.07, 6.45) is 0.878. The molecule has 0 unspecified atom stereocenters. The number of ether oxygens (including phenoxy) is 1. The second kappa shape index (κ2) is 7.38. The van der Waals surface area contributed by atoms with Gasteiger partial charge >= 0.3 is 0 Å². The average molecular weight is 295 g/mol. The fourth-order valence-corrected chi connectivity index (χ4v) is 2.55. The lowest BCUT2D eigenvalue weighted by atomic mass is 10.1. The molecule has 1 aliphatic rings. The third-order valence-electron chi connectivity index (χ3n) is 3.73. The van der Waals surface area contributed by atoms with Gasteiger partial charge in [-0.3, -0.25) is 4.79 Å². The van der Waals surface area contributed by atoms with Crippen LogP contribution in [0.2, 0.25) is 0 Å². The summed E-state index contributed by atoms with van der Waals surface area (Å²) >= 11 is 0. The average Bonchev–Trinajstić information content (AvgIpc) is 2.72. The molecule has 1 heterocycles. The predicted octanol–water partition coefficient (Wildman–Crippen LogP) is 0.941. The molecule has 1 saturated heterocycles. The molecule has 116 valence electrons. The van der Waals surface area contributed by atoms with Gasteiger partial charge < -0.3 is 20.3 Å². The standard InChI is InChI=1S/C15H22FN3O2/c1-21-12-3-4-13(14(16)11-12)15(20)19-7-2-6-18(8-5-17)9-10-19/h3-4,11H,2,5-10,17H2,1H3. The zero-order valence-corrected chi connectivity index (χ0v) is 12.3. The Morgan fingerprint density at radius 2 is 2.14 bits per heavy atom. The predicted molar refractivity (Wildman–Crippen MR) is 79.0 cm³/mol. The summed E-state index contributed by atoms with van der Waals surface area (Å²) in [6, 6.07) is 4.33. The summed E-state index contributed by atoms with van der Waals surface area (Å²) in [4.78, 5) is 16.4. The number of carbonyl (C=O) groups is 1. The highest BCUT2D eigenvalue weighted by molar-refractivity contribution is 5.94. The molecule has 0 aromatic heterocycles. The molecule has 2 rings (SSSR count). The van der Waals surface area contributed by atoms with Crippen LogP contribution in [-0.4, -0.2) is 62.1 Å². The number of hydrogen-bond donors (Lipinski definition) is 1. The molecule has 1 aromatic carbocycles. The van der Waals surface area contributed by atoms with E-state index < -0.39 is 5.82 Å². The Morgan fingerprint density at radius 3 is 2.81 bits per heavy atom. The lowest BCUT2D eigenvalue weighted by Gasteiger charge is -2.22. The van der Waals surface area contributed by atoms with Crippen LogP contribution in [0, 0.1) is 5.82 Å². The van der Waals surface area contributed by atoms with Crippen LogP contribution in [-0.2, 0) is 0 Å². The Hall–Kier alpha value is -1.66. The van der Waals surface area contributed by atoms with E-state index in [2.05, 4.69) is 4.90 Å². The second-order valence-electron chi connectivity index (χ2n) is 5.12. The number of halogens is 1. The Balaban J connectivity index is 2.06. The number of rotatable bonds is 4. The van der Waals surface area contributed by atoms with E-state index >= 15 is 0 Å². The van der Waals surface area contributed by atoms with Gasteiger partial charge in [0.25, 0.3) is 5.91 Å². The molecule has 0 radical (unpaired) electrons. The van der Waals surface area contributed by atoms with Crippen LogP contribution >= 0.6 is 0 Å². The lowest BCUT2D eigenvalue weighted by molar-refractivity contribution is 0.0757. The van der Waals surface area contributed by atoms with Crippen LogP contribution in [0.1, 0.15) is 16.8 Å². The number of benzene rings is 1. The van der Waals surface area contributed by atoms with Crippen molar-refractivity contribution in [3.05, 3.63) is 29.6 Å². The molecule has 1 fully saturated rings. The summed E-state index contributed by atoms with van der Waals surface area (Å²) in [5.41, 5.74) is 5.66. The van der Waals surface area contributed by atoms with Crippen LogP contribution < -0.4 is 10.5 Å². The number of amides is 1. The zero-order chi connectivity index (χ0) is 15.2. The largest absolute Gasteiger partial charge is 0.497 e. The summed E-state index contributed by atoms with van der Waals surface area (Å²) in [6.45, 7) is 4.39. The van der Waals surface area contributed by atoms with Crippen molar-refractivity contribution in [3.63, 3.8) is 0 Å². The maximum Gasteiger partial charge on any atom is 0.256 e. The maximum absolute atomic E-state index is 14.0. The molecule has 1 aliphatic heterocycles. The number of nitrogens with zero attached hydrogens (tertiary/aromatic N) is 2. The number of carbonyl (C=O) groups excluding carboxylic acids is 1. The van der Waals surface area contributed by atoms with E-state index in [1.807, 2.05) is 0 Å². The Bertz CT molecular complexity index is 496. The van der Waals surface area contributed by atoms with Crippen LogP contribution in [0.25, 0.3) is 0 Å². The van der Waals surface area contributed by atoms with Gasteiger partial charge in [0.2, 0.25) is 0 Å². The van der Waals surface area contributed by atoms with Crippen molar-refractivity contribution in [2.45, 2.75) is 6.42 Å². The highest BCUT2D eigenvalue weighted by atomic mass is 19.1. The Kier molecular flexibility index (Phi) is 5.52. The molecular weight excluding hydrogens is 273 g/mol. The van der Waals surface area contributed by atoms with Gasteiger partial charge in [0, 0.05) is 38.8 Å². The molecule has 2 N–H and O–H groups in total. The van der Waals surface area contributed by atoms with Gasteiger partial charge in [0.05, 0.1) is 12.7 Å². The third-order valence-corrected chi connectivity index (χ3v) is 3.73. The molecule has 0 bridgehead atoms. The first-order valence-corrected chi connectivity index (χ1v) is 7.21. The molecule has 5 nitrogen and oxygen atoms in total. The monoisotopic (exact) mass is 295 g/mol. The normalized spacial score (nSPS) is 16.6. The van der Waals surface area contributed by atoms with E-state index in [1.54, 1.807) is 11.0 Å². The van der Waals surface area contributed by atoms with Gasteiger partial charge in [0.1, 0.15) is 11.6 Å². The lowest BCUT2D eigenvalue weighted by Crippen LogP contribution is -2.36. The summed E-state index contributed by atoms with van der Waals surface area (Å²) in [5, 5.41) is 0. The molecular formula is C15H22FN3O2. The number of nitrogens with two attached hydrogens (primary N) is 1. The van der Waals surface area contributed by atoms with Gasteiger partial charge in [-0.25, -0.2) is 4.39 Å². The molecule has 0 saturated carbocycles. The smallest absolute Gasteiger partial charge is 0.256 e. The fraction of sp³-hybridized carbons (Fsp3) is 0.533. The van der Waals surface area contributed by atoms with Crippen molar-refractivity contribution in [1.29, 1.82) is 0 Å². The summed E-state index contributed by atoms with van der Waals surface area (Å²) < 4.78 is 18.9. The van der Waals surface area contributed by atoms with E-state index in [0.29, 0.717) is 25.4 Å². The highest BCUT2D eigenvalue weighted by Crippen LogP contribution is 2.18. The van der Waals surface area contributed by atoms with E-state index in [1.165, 1.54) is 19.2 Å². The maximum atomic E-state index is 14.0. The minimum atomic E-state index is -0.539. The first-order chi connectivity index (χ1) is 10.2. The Morgan fingerprint density at radius 1 is 1.33 bits per heavy atom. The van der Waals surface area contributed by atoms with Crippen LogP contribution in [0.3, 0.4) is 0 Å². The quantitative estimate of drug-likeness (QED) is 0.898. The summed E-state index contributed by atoms with van der Waals surface area (Å²) in [5.74, 6) is -0.388. The minimum Gasteiger partial charge on any atom is -0.497 e. The van der Waals surface area contributed by atoms with Crippen LogP contribution in [0.5, 0.6) is 5.75 Å². The molecule has 0 atom stereocenters. The first kappa shape index (κ1) is 15.7. The van der Waals surface area contributed by atoms with Crippen molar-refractivity contribution >= 4 is 5.91 Å². The van der Waals surface area contributed by atoms with Gasteiger partial charge in [-0.2, -0.15) is 0 Å². The van der Waals surface area contributed by atoms with E-state index in [-0.39, 0.29) is 11.5 Å². The molecule has 21 heavy (non-hydrogen) atoms. The molecule has 6 heteroatoms. The summed E-state index contributed by atoms with van der Waals surface area (Å²) in [7, 11) is 1.47. The fourth-order valence-electron chi connectivity index (χ4n) is 2.55. The van der Waals surface area contributed by atoms with Crippen molar-refractivity contribution < 1.29 is 13.9 Å². The number of methoxy groups -OCH3 is 1. The topological polar surface area (TPSA) is 58.8 Å². The van der Waals surface area contributed by atoms with Gasteiger partial charge in [-0.15, -0.1) is 0 Å². The van der Waals surface area contributed by atoms with Crippen molar-refractivity contribution in [2.75, 3.05) is 46.4 Å². The molecule has 1 aromatic rings. The van der Waals surface area contributed by atoms with Crippen LogP contribution in [0.4, 0.5) is 4.39 Å². The molecule has 1 amide bonds. The van der Waals surface area contributed by atoms with Crippen molar-refractivity contribution in [3.8, 4) is 5.75 Å². The van der Waals surface area contributed by atoms with Gasteiger partial charge in [0.15, 0.2) is 0 Å². The van der Waals surface area contributed by atoms with E-state index in [9.17, 15) is 9.18 Å². The number of hydrogen-bond acceptors (Lipinski definition) is 4. The SMILES string of the molecule is COc1ccc(C(=O)N2CCCN(CCN)CC2)c(F)c1. The van der Waals surface area contributed by atoms with E-state index in [0.717, 1.165) is 26.1 Å². The van der Waals surface area contributed by atoms with Crippen molar-refractivity contribution in [1.82, 2.24) is 9.80 Å². The third kappa shape index (κ3) is 3.92. The molecule has 0 aliphatic carbocycles. The Labute approximate surface area is 124 Å².